The molecule has 0 bridgehead atoms. The Balaban J connectivity index is 2.03. The molecule has 3 aromatic rings. The first-order valence-electron chi connectivity index (χ1n) is 5.55. The van der Waals surface area contributed by atoms with Gasteiger partial charge in [0.05, 0.1) is 6.20 Å². The molecule has 0 atom stereocenters. The molecule has 0 N–H and O–H groups in total. The maximum atomic E-state index is 13.6. The van der Waals surface area contributed by atoms with E-state index in [1.165, 1.54) is 6.07 Å². The Kier molecular flexibility index (Phi) is 2.61. The van der Waals surface area contributed by atoms with Crippen molar-refractivity contribution in [3.05, 3.63) is 66.9 Å². The highest BCUT2D eigenvalue weighted by Gasteiger charge is 2.07. The van der Waals surface area contributed by atoms with E-state index in [-0.39, 0.29) is 5.82 Å². The second kappa shape index (κ2) is 4.41. The zero-order valence-corrected chi connectivity index (χ0v) is 9.49. The number of halogens is 1. The Morgan fingerprint density at radius 2 is 1.83 bits per heavy atom. The van der Waals surface area contributed by atoms with Crippen LogP contribution in [-0.4, -0.2) is 14.8 Å². The second-order valence-electron chi connectivity index (χ2n) is 3.84. The topological polar surface area (TPSA) is 30.7 Å². The number of hydrogen-bond donors (Lipinski definition) is 0. The van der Waals surface area contributed by atoms with Crippen LogP contribution < -0.4 is 0 Å². The van der Waals surface area contributed by atoms with Crippen molar-refractivity contribution < 1.29 is 4.39 Å². The van der Waals surface area contributed by atoms with Crippen molar-refractivity contribution in [2.75, 3.05) is 0 Å². The lowest BCUT2D eigenvalue weighted by atomic mass is 10.1. The quantitative estimate of drug-likeness (QED) is 0.688. The van der Waals surface area contributed by atoms with E-state index in [9.17, 15) is 4.39 Å². The molecule has 0 unspecified atom stereocenters. The maximum absolute atomic E-state index is 13.6. The molecule has 0 radical (unpaired) electrons. The Labute approximate surface area is 104 Å². The summed E-state index contributed by atoms with van der Waals surface area (Å²) in [5.41, 5.74) is 1.28. The normalized spacial score (nSPS) is 10.5. The van der Waals surface area contributed by atoms with Gasteiger partial charge < -0.3 is 0 Å². The molecule has 1 aromatic carbocycles. The molecule has 0 aliphatic carbocycles. The van der Waals surface area contributed by atoms with Gasteiger partial charge in [-0.25, -0.2) is 14.1 Å². The van der Waals surface area contributed by atoms with Gasteiger partial charge in [-0.1, -0.05) is 24.3 Å². The van der Waals surface area contributed by atoms with Gasteiger partial charge >= 0.3 is 0 Å². The number of benzene rings is 1. The van der Waals surface area contributed by atoms with Gasteiger partial charge in [0.15, 0.2) is 5.82 Å². The van der Waals surface area contributed by atoms with Crippen LogP contribution in [0.4, 0.5) is 4.39 Å². The fraction of sp³-hybridized carbons (Fsp3) is 0. The van der Waals surface area contributed by atoms with Crippen molar-refractivity contribution in [3.8, 4) is 16.9 Å². The molecular formula is C14H10FN3. The minimum Gasteiger partial charge on any atom is -0.237 e. The zero-order valence-electron chi connectivity index (χ0n) is 9.49. The molecule has 0 fully saturated rings. The molecule has 2 heterocycles. The SMILES string of the molecule is Fc1ccccc1-c1cnn(-c2ccccn2)c1. The number of rotatable bonds is 2. The fourth-order valence-corrected chi connectivity index (χ4v) is 1.77. The van der Waals surface area contributed by atoms with E-state index in [1.54, 1.807) is 41.5 Å². The first kappa shape index (κ1) is 10.7. The van der Waals surface area contributed by atoms with E-state index in [0.29, 0.717) is 11.4 Å². The van der Waals surface area contributed by atoms with Gasteiger partial charge in [-0.15, -0.1) is 0 Å². The third kappa shape index (κ3) is 1.88. The lowest BCUT2D eigenvalue weighted by Crippen LogP contribution is -1.95. The van der Waals surface area contributed by atoms with Crippen molar-refractivity contribution in [2.24, 2.45) is 0 Å². The van der Waals surface area contributed by atoms with E-state index >= 15 is 0 Å². The average Bonchev–Trinajstić information content (AvgIpc) is 2.90. The summed E-state index contributed by atoms with van der Waals surface area (Å²) in [6, 6.07) is 12.2. The maximum Gasteiger partial charge on any atom is 0.153 e. The van der Waals surface area contributed by atoms with Crippen molar-refractivity contribution in [2.45, 2.75) is 0 Å². The standard InChI is InChI=1S/C14H10FN3/c15-13-6-2-1-5-12(13)11-9-17-18(10-11)14-7-3-4-8-16-14/h1-10H. The minimum atomic E-state index is -0.252. The van der Waals surface area contributed by atoms with E-state index in [4.69, 9.17) is 0 Å². The Hall–Kier alpha value is -2.49. The van der Waals surface area contributed by atoms with Crippen LogP contribution in [0, 0.1) is 5.82 Å². The summed E-state index contributed by atoms with van der Waals surface area (Å²) in [6.07, 6.45) is 5.09. The Morgan fingerprint density at radius 1 is 1.00 bits per heavy atom. The summed E-state index contributed by atoms with van der Waals surface area (Å²) in [6.45, 7) is 0. The van der Waals surface area contributed by atoms with E-state index in [0.717, 1.165) is 5.56 Å². The van der Waals surface area contributed by atoms with Crippen molar-refractivity contribution in [1.82, 2.24) is 14.8 Å². The summed E-state index contributed by atoms with van der Waals surface area (Å²) in [5, 5.41) is 4.19. The van der Waals surface area contributed by atoms with Crippen LogP contribution in [0.5, 0.6) is 0 Å². The largest absolute Gasteiger partial charge is 0.237 e. The molecule has 0 amide bonds. The first-order valence-corrected chi connectivity index (χ1v) is 5.55. The number of hydrogen-bond acceptors (Lipinski definition) is 2. The summed E-state index contributed by atoms with van der Waals surface area (Å²) in [4.78, 5) is 4.19. The van der Waals surface area contributed by atoms with Gasteiger partial charge in [0, 0.05) is 23.5 Å². The molecule has 0 saturated heterocycles. The van der Waals surface area contributed by atoms with Crippen LogP contribution in [0.25, 0.3) is 16.9 Å². The van der Waals surface area contributed by atoms with Crippen molar-refractivity contribution in [3.63, 3.8) is 0 Å². The number of pyridine rings is 1. The van der Waals surface area contributed by atoms with Crippen LogP contribution in [0.2, 0.25) is 0 Å². The summed E-state index contributed by atoms with van der Waals surface area (Å²) < 4.78 is 15.3. The van der Waals surface area contributed by atoms with Crippen LogP contribution in [0.15, 0.2) is 61.1 Å². The van der Waals surface area contributed by atoms with Gasteiger partial charge in [0.25, 0.3) is 0 Å². The highest BCUT2D eigenvalue weighted by Crippen LogP contribution is 2.22. The van der Waals surface area contributed by atoms with Crippen LogP contribution in [0.3, 0.4) is 0 Å². The van der Waals surface area contributed by atoms with Gasteiger partial charge in [-0.05, 0) is 18.2 Å². The lowest BCUT2D eigenvalue weighted by molar-refractivity contribution is 0.631. The van der Waals surface area contributed by atoms with Crippen LogP contribution in [-0.2, 0) is 0 Å². The fourth-order valence-electron chi connectivity index (χ4n) is 1.77. The Morgan fingerprint density at radius 3 is 2.61 bits per heavy atom. The average molecular weight is 239 g/mol. The molecule has 18 heavy (non-hydrogen) atoms. The van der Waals surface area contributed by atoms with Crippen molar-refractivity contribution >= 4 is 0 Å². The van der Waals surface area contributed by atoms with Crippen LogP contribution >= 0.6 is 0 Å². The van der Waals surface area contributed by atoms with E-state index < -0.39 is 0 Å². The molecule has 3 rings (SSSR count). The minimum absolute atomic E-state index is 0.252. The predicted octanol–water partition coefficient (Wildman–Crippen LogP) is 3.07. The molecule has 0 aliphatic heterocycles. The summed E-state index contributed by atoms with van der Waals surface area (Å²) >= 11 is 0. The molecule has 88 valence electrons. The highest BCUT2D eigenvalue weighted by molar-refractivity contribution is 5.62. The monoisotopic (exact) mass is 239 g/mol. The van der Waals surface area contributed by atoms with Gasteiger partial charge in [0.2, 0.25) is 0 Å². The predicted molar refractivity (Wildman–Crippen MR) is 66.8 cm³/mol. The lowest BCUT2D eigenvalue weighted by Gasteiger charge is -1.99. The number of nitrogens with zero attached hydrogens (tertiary/aromatic N) is 3. The van der Waals surface area contributed by atoms with Gasteiger partial charge in [-0.3, -0.25) is 0 Å². The smallest absolute Gasteiger partial charge is 0.153 e. The van der Waals surface area contributed by atoms with Gasteiger partial charge in [-0.2, -0.15) is 5.10 Å². The molecule has 4 heteroatoms. The third-order valence-electron chi connectivity index (χ3n) is 2.65. The molecular weight excluding hydrogens is 229 g/mol. The Bertz CT molecular complexity index is 662. The zero-order chi connectivity index (χ0) is 12.4. The first-order chi connectivity index (χ1) is 8.84. The van der Waals surface area contributed by atoms with Crippen LogP contribution in [0.1, 0.15) is 0 Å². The van der Waals surface area contributed by atoms with E-state index in [1.807, 2.05) is 18.2 Å². The van der Waals surface area contributed by atoms with Crippen molar-refractivity contribution in [1.29, 1.82) is 0 Å². The second-order valence-corrected chi connectivity index (χ2v) is 3.84. The molecule has 2 aromatic heterocycles. The molecule has 0 aliphatic rings. The molecule has 0 spiro atoms. The summed E-state index contributed by atoms with van der Waals surface area (Å²) in [7, 11) is 0. The molecule has 3 nitrogen and oxygen atoms in total. The number of aromatic nitrogens is 3. The highest BCUT2D eigenvalue weighted by atomic mass is 19.1. The van der Waals surface area contributed by atoms with Gasteiger partial charge in [0.1, 0.15) is 5.82 Å². The molecule has 0 saturated carbocycles. The third-order valence-corrected chi connectivity index (χ3v) is 2.65. The van der Waals surface area contributed by atoms with E-state index in [2.05, 4.69) is 10.1 Å². The summed E-state index contributed by atoms with van der Waals surface area (Å²) in [5.74, 6) is 0.457.